The van der Waals surface area contributed by atoms with Gasteiger partial charge in [0, 0.05) is 19.0 Å². The molecule has 1 aromatic rings. The number of nitrogens with zero attached hydrogens (tertiary/aromatic N) is 2. The molecule has 0 saturated carbocycles. The van der Waals surface area contributed by atoms with E-state index in [0.29, 0.717) is 6.04 Å². The summed E-state index contributed by atoms with van der Waals surface area (Å²) in [6.07, 6.45) is 1.99. The van der Waals surface area contributed by atoms with Crippen LogP contribution in [-0.2, 0) is 12.8 Å². The van der Waals surface area contributed by atoms with Crippen LogP contribution in [0.4, 0.5) is 0 Å². The molecular weight excluding hydrogens is 182 g/mol. The monoisotopic (exact) mass is 199 g/mol. The molecule has 0 bridgehead atoms. The van der Waals surface area contributed by atoms with Crippen molar-refractivity contribution in [2.45, 2.75) is 39.7 Å². The van der Waals surface area contributed by atoms with Gasteiger partial charge in [0.15, 0.2) is 0 Å². The summed E-state index contributed by atoms with van der Waals surface area (Å²) in [6, 6.07) is 0.554. The fraction of sp³-hybridized carbons (Fsp3) is 0.778. The van der Waals surface area contributed by atoms with E-state index in [9.17, 15) is 0 Å². The molecule has 1 N–H and O–H groups in total. The molecule has 1 heterocycles. The zero-order chi connectivity index (χ0) is 9.68. The first kappa shape index (κ1) is 10.6. The number of aromatic nitrogens is 2. The number of hydrogen-bond acceptors (Lipinski definition) is 4. The fourth-order valence-corrected chi connectivity index (χ4v) is 1.78. The summed E-state index contributed by atoms with van der Waals surface area (Å²) in [5, 5.41) is 13.8. The highest BCUT2D eigenvalue weighted by atomic mass is 32.1. The molecule has 0 aromatic carbocycles. The first-order valence-electron chi connectivity index (χ1n) is 4.77. The van der Waals surface area contributed by atoms with Gasteiger partial charge in [0.2, 0.25) is 0 Å². The minimum atomic E-state index is 0.554. The highest BCUT2D eigenvalue weighted by Gasteiger charge is 2.01. The summed E-state index contributed by atoms with van der Waals surface area (Å²) in [7, 11) is 0. The number of aryl methyl sites for hydroxylation is 1. The highest BCUT2D eigenvalue weighted by Crippen LogP contribution is 2.09. The van der Waals surface area contributed by atoms with E-state index >= 15 is 0 Å². The van der Waals surface area contributed by atoms with E-state index in [0.717, 1.165) is 29.4 Å². The van der Waals surface area contributed by atoms with Crippen LogP contribution in [0.15, 0.2) is 0 Å². The Morgan fingerprint density at radius 3 is 2.54 bits per heavy atom. The predicted molar refractivity (Wildman–Crippen MR) is 56.1 cm³/mol. The maximum Gasteiger partial charge on any atom is 0.118 e. The highest BCUT2D eigenvalue weighted by molar-refractivity contribution is 7.11. The molecule has 0 fully saturated rings. The number of nitrogens with one attached hydrogen (secondary N) is 1. The average Bonchev–Trinajstić information content (AvgIpc) is 2.52. The quantitative estimate of drug-likeness (QED) is 0.783. The van der Waals surface area contributed by atoms with Crippen molar-refractivity contribution in [3.8, 4) is 0 Å². The van der Waals surface area contributed by atoms with Gasteiger partial charge in [-0.25, -0.2) is 0 Å². The minimum Gasteiger partial charge on any atom is -0.314 e. The van der Waals surface area contributed by atoms with E-state index in [4.69, 9.17) is 0 Å². The second-order valence-electron chi connectivity index (χ2n) is 3.30. The third kappa shape index (κ3) is 3.83. The van der Waals surface area contributed by atoms with Gasteiger partial charge in [-0.1, -0.05) is 20.8 Å². The minimum absolute atomic E-state index is 0.554. The van der Waals surface area contributed by atoms with Crippen LogP contribution >= 0.6 is 11.3 Å². The van der Waals surface area contributed by atoms with Crippen LogP contribution in [0.25, 0.3) is 0 Å². The van der Waals surface area contributed by atoms with Gasteiger partial charge in [0.1, 0.15) is 10.0 Å². The first-order valence-corrected chi connectivity index (χ1v) is 5.58. The van der Waals surface area contributed by atoms with Crippen molar-refractivity contribution in [1.29, 1.82) is 0 Å². The molecule has 0 spiro atoms. The summed E-state index contributed by atoms with van der Waals surface area (Å²) in [6.45, 7) is 7.40. The van der Waals surface area contributed by atoms with E-state index in [1.807, 2.05) is 0 Å². The Balaban J connectivity index is 2.28. The van der Waals surface area contributed by atoms with Crippen LogP contribution in [0.1, 0.15) is 30.8 Å². The summed E-state index contributed by atoms with van der Waals surface area (Å²) in [5.41, 5.74) is 0. The normalized spacial score (nSPS) is 11.1. The molecule has 1 rings (SSSR count). The standard InChI is InChI=1S/C9H17N3S/c1-4-8-11-12-9(13-8)5-6-10-7(2)3/h7,10H,4-6H2,1-3H3. The van der Waals surface area contributed by atoms with Crippen LogP contribution in [-0.4, -0.2) is 22.8 Å². The lowest BCUT2D eigenvalue weighted by Crippen LogP contribution is -2.24. The Bertz CT molecular complexity index is 245. The van der Waals surface area contributed by atoms with Gasteiger partial charge in [0.25, 0.3) is 0 Å². The molecule has 0 aliphatic carbocycles. The average molecular weight is 199 g/mol. The molecule has 4 heteroatoms. The molecule has 0 atom stereocenters. The van der Waals surface area contributed by atoms with Gasteiger partial charge in [-0.2, -0.15) is 0 Å². The Kier molecular flexibility index (Phi) is 4.32. The van der Waals surface area contributed by atoms with Crippen molar-refractivity contribution in [1.82, 2.24) is 15.5 Å². The molecule has 0 saturated heterocycles. The smallest absolute Gasteiger partial charge is 0.118 e. The largest absolute Gasteiger partial charge is 0.314 e. The SMILES string of the molecule is CCc1nnc(CCNC(C)C)s1. The molecule has 0 unspecified atom stereocenters. The second kappa shape index (κ2) is 5.29. The van der Waals surface area contributed by atoms with Crippen LogP contribution in [0.2, 0.25) is 0 Å². The number of rotatable bonds is 5. The lowest BCUT2D eigenvalue weighted by Gasteiger charge is -2.04. The topological polar surface area (TPSA) is 37.8 Å². The van der Waals surface area contributed by atoms with Gasteiger partial charge in [0.05, 0.1) is 0 Å². The van der Waals surface area contributed by atoms with Crippen molar-refractivity contribution in [2.24, 2.45) is 0 Å². The lowest BCUT2D eigenvalue weighted by atomic mass is 10.3. The first-order chi connectivity index (χ1) is 6.22. The van der Waals surface area contributed by atoms with Crippen LogP contribution in [0, 0.1) is 0 Å². The van der Waals surface area contributed by atoms with Gasteiger partial charge < -0.3 is 5.32 Å². The Labute approximate surface area is 83.6 Å². The second-order valence-corrected chi connectivity index (χ2v) is 4.45. The fourth-order valence-electron chi connectivity index (χ4n) is 1.00. The van der Waals surface area contributed by atoms with Crippen molar-refractivity contribution >= 4 is 11.3 Å². The van der Waals surface area contributed by atoms with E-state index in [1.54, 1.807) is 11.3 Å². The number of hydrogen-bond donors (Lipinski definition) is 1. The van der Waals surface area contributed by atoms with E-state index in [-0.39, 0.29) is 0 Å². The van der Waals surface area contributed by atoms with E-state index < -0.39 is 0 Å². The van der Waals surface area contributed by atoms with Gasteiger partial charge >= 0.3 is 0 Å². The third-order valence-corrected chi connectivity index (χ3v) is 2.83. The van der Waals surface area contributed by atoms with E-state index in [2.05, 4.69) is 36.3 Å². The van der Waals surface area contributed by atoms with Crippen molar-refractivity contribution in [3.05, 3.63) is 10.0 Å². The van der Waals surface area contributed by atoms with Gasteiger partial charge in [-0.15, -0.1) is 21.5 Å². The summed E-state index contributed by atoms with van der Waals surface area (Å²) in [4.78, 5) is 0. The molecule has 1 aromatic heterocycles. The predicted octanol–water partition coefficient (Wildman–Crippen LogP) is 1.64. The molecule has 0 aliphatic rings. The molecule has 74 valence electrons. The van der Waals surface area contributed by atoms with Crippen LogP contribution in [0.5, 0.6) is 0 Å². The summed E-state index contributed by atoms with van der Waals surface area (Å²) < 4.78 is 0. The van der Waals surface area contributed by atoms with Crippen LogP contribution in [0.3, 0.4) is 0 Å². The Hall–Kier alpha value is -0.480. The van der Waals surface area contributed by atoms with Gasteiger partial charge in [-0.05, 0) is 6.42 Å². The molecule has 0 radical (unpaired) electrons. The summed E-state index contributed by atoms with van der Waals surface area (Å²) >= 11 is 1.72. The molecule has 0 amide bonds. The molecular formula is C9H17N3S. The maximum atomic E-state index is 4.11. The lowest BCUT2D eigenvalue weighted by molar-refractivity contribution is 0.588. The Morgan fingerprint density at radius 2 is 2.00 bits per heavy atom. The van der Waals surface area contributed by atoms with Crippen molar-refractivity contribution in [2.75, 3.05) is 6.54 Å². The third-order valence-electron chi connectivity index (χ3n) is 1.70. The zero-order valence-corrected chi connectivity index (χ0v) is 9.32. The molecule has 3 nitrogen and oxygen atoms in total. The Morgan fingerprint density at radius 1 is 1.31 bits per heavy atom. The van der Waals surface area contributed by atoms with Crippen molar-refractivity contribution in [3.63, 3.8) is 0 Å². The summed E-state index contributed by atoms with van der Waals surface area (Å²) in [5.74, 6) is 0. The maximum absolute atomic E-state index is 4.11. The van der Waals surface area contributed by atoms with Gasteiger partial charge in [-0.3, -0.25) is 0 Å². The van der Waals surface area contributed by atoms with E-state index in [1.165, 1.54) is 0 Å². The zero-order valence-electron chi connectivity index (χ0n) is 8.50. The van der Waals surface area contributed by atoms with Crippen molar-refractivity contribution < 1.29 is 0 Å². The molecule has 13 heavy (non-hydrogen) atoms. The van der Waals surface area contributed by atoms with Crippen LogP contribution < -0.4 is 5.32 Å². The molecule has 0 aliphatic heterocycles.